The lowest BCUT2D eigenvalue weighted by Gasteiger charge is -2.14. The summed E-state index contributed by atoms with van der Waals surface area (Å²) >= 11 is 0. The van der Waals surface area contributed by atoms with Crippen molar-refractivity contribution in [3.05, 3.63) is 46.9 Å². The average Bonchev–Trinajstić information content (AvgIpc) is 2.50. The summed E-state index contributed by atoms with van der Waals surface area (Å²) in [7, 11) is -2.73. The second kappa shape index (κ2) is 6.02. The Morgan fingerprint density at radius 1 is 0.833 bits per heavy atom. The van der Waals surface area contributed by atoms with Gasteiger partial charge in [-0.2, -0.15) is 13.2 Å². The molecule has 0 saturated heterocycles. The fraction of sp³-hybridized carbons (Fsp3) is 0.0833. The quantitative estimate of drug-likeness (QED) is 0.375. The smallest absolute Gasteiger partial charge is 0.423 e. The van der Waals surface area contributed by atoms with Crippen molar-refractivity contribution in [1.82, 2.24) is 4.98 Å². The maximum atomic E-state index is 13.6. The highest BCUT2D eigenvalue weighted by Crippen LogP contribution is 2.32. The second-order valence-corrected chi connectivity index (χ2v) is 4.47. The van der Waals surface area contributed by atoms with Crippen molar-refractivity contribution in [3.8, 4) is 11.3 Å². The molecule has 0 atom stereocenters. The summed E-state index contributed by atoms with van der Waals surface area (Å²) in [6, 6.07) is 0.172. The van der Waals surface area contributed by atoms with Crippen molar-refractivity contribution >= 4 is 12.6 Å². The van der Waals surface area contributed by atoms with Crippen LogP contribution in [0.15, 0.2) is 12.3 Å². The minimum Gasteiger partial charge on any atom is -0.423 e. The molecule has 12 heteroatoms. The van der Waals surface area contributed by atoms with Crippen molar-refractivity contribution in [2.75, 3.05) is 0 Å². The fourth-order valence-electron chi connectivity index (χ4n) is 1.89. The Morgan fingerprint density at radius 2 is 1.29 bits per heavy atom. The third-order valence-electron chi connectivity index (χ3n) is 2.99. The number of pyridine rings is 1. The molecule has 2 N–H and O–H groups in total. The Labute approximate surface area is 128 Å². The summed E-state index contributed by atoms with van der Waals surface area (Å²) in [5, 5.41) is 17.9. The van der Waals surface area contributed by atoms with Crippen LogP contribution in [-0.2, 0) is 6.18 Å². The summed E-state index contributed by atoms with van der Waals surface area (Å²) in [6.45, 7) is 0. The summed E-state index contributed by atoms with van der Waals surface area (Å²) in [5.41, 5.74) is -5.61. The number of rotatable bonds is 2. The molecule has 0 spiro atoms. The number of alkyl halides is 3. The number of aromatic nitrogens is 1. The number of hydrogen-bond donors (Lipinski definition) is 2. The van der Waals surface area contributed by atoms with Gasteiger partial charge in [-0.15, -0.1) is 0 Å². The fourth-order valence-corrected chi connectivity index (χ4v) is 1.89. The van der Waals surface area contributed by atoms with E-state index in [4.69, 9.17) is 10.0 Å². The molecule has 0 amide bonds. The van der Waals surface area contributed by atoms with Crippen LogP contribution < -0.4 is 5.46 Å². The van der Waals surface area contributed by atoms with Crippen molar-refractivity contribution in [3.63, 3.8) is 0 Å². The molecule has 128 valence electrons. The highest BCUT2D eigenvalue weighted by atomic mass is 19.4. The van der Waals surface area contributed by atoms with Gasteiger partial charge >= 0.3 is 13.3 Å². The van der Waals surface area contributed by atoms with E-state index in [1.165, 1.54) is 0 Å². The minimum atomic E-state index is -5.10. The molecular formula is C12H4BF8NO2. The van der Waals surface area contributed by atoms with Crippen LogP contribution in [0.25, 0.3) is 11.3 Å². The number of halogens is 8. The van der Waals surface area contributed by atoms with Gasteiger partial charge in [0.05, 0.1) is 16.8 Å². The van der Waals surface area contributed by atoms with Gasteiger partial charge in [-0.1, -0.05) is 0 Å². The molecule has 0 unspecified atom stereocenters. The Kier molecular flexibility index (Phi) is 4.55. The van der Waals surface area contributed by atoms with Crippen LogP contribution in [0, 0.1) is 29.1 Å². The van der Waals surface area contributed by atoms with Crippen LogP contribution in [0.1, 0.15) is 5.56 Å². The van der Waals surface area contributed by atoms with Gasteiger partial charge in [0, 0.05) is 6.20 Å². The molecule has 0 aliphatic rings. The first-order chi connectivity index (χ1) is 11.0. The van der Waals surface area contributed by atoms with E-state index in [0.717, 1.165) is 0 Å². The predicted molar refractivity (Wildman–Crippen MR) is 64.3 cm³/mol. The van der Waals surface area contributed by atoms with E-state index in [-0.39, 0.29) is 12.3 Å². The maximum absolute atomic E-state index is 13.6. The molecule has 1 aromatic carbocycles. The van der Waals surface area contributed by atoms with Gasteiger partial charge < -0.3 is 10.0 Å². The third-order valence-corrected chi connectivity index (χ3v) is 2.99. The van der Waals surface area contributed by atoms with E-state index < -0.39 is 64.7 Å². The second-order valence-electron chi connectivity index (χ2n) is 4.47. The summed E-state index contributed by atoms with van der Waals surface area (Å²) in [4.78, 5) is 3.01. The number of benzene rings is 1. The monoisotopic (exact) mass is 357 g/mol. The summed E-state index contributed by atoms with van der Waals surface area (Å²) in [6.07, 6.45) is -5.11. The molecule has 0 aliphatic heterocycles. The van der Waals surface area contributed by atoms with Gasteiger partial charge in [0.15, 0.2) is 23.3 Å². The van der Waals surface area contributed by atoms with Crippen molar-refractivity contribution < 1.29 is 45.2 Å². The van der Waals surface area contributed by atoms with Gasteiger partial charge in [-0.3, -0.25) is 4.98 Å². The third kappa shape index (κ3) is 2.94. The molecule has 3 nitrogen and oxygen atoms in total. The largest absolute Gasteiger partial charge is 0.489 e. The minimum absolute atomic E-state index is 0.0118. The van der Waals surface area contributed by atoms with Crippen LogP contribution >= 0.6 is 0 Å². The van der Waals surface area contributed by atoms with Crippen molar-refractivity contribution in [2.24, 2.45) is 0 Å². The Balaban J connectivity index is 2.79. The summed E-state index contributed by atoms with van der Waals surface area (Å²) in [5.74, 6) is -11.7. The average molecular weight is 357 g/mol. The lowest BCUT2D eigenvalue weighted by molar-refractivity contribution is -0.137. The topological polar surface area (TPSA) is 53.4 Å². The molecule has 0 aliphatic carbocycles. The van der Waals surface area contributed by atoms with E-state index in [0.29, 0.717) is 0 Å². The SMILES string of the molecule is OB(O)c1cc(-c2c(F)c(F)c(F)c(F)c2F)ncc1C(F)(F)F. The molecular weight excluding hydrogens is 353 g/mol. The molecule has 0 bridgehead atoms. The molecule has 1 heterocycles. The first kappa shape index (κ1) is 18.1. The summed E-state index contributed by atoms with van der Waals surface area (Å²) < 4.78 is 105. The first-order valence-electron chi connectivity index (χ1n) is 5.91. The van der Waals surface area contributed by atoms with Gasteiger partial charge in [0.25, 0.3) is 0 Å². The predicted octanol–water partition coefficient (Wildman–Crippen LogP) is 2.14. The number of nitrogens with zero attached hydrogens (tertiary/aromatic N) is 1. The van der Waals surface area contributed by atoms with E-state index >= 15 is 0 Å². The van der Waals surface area contributed by atoms with Gasteiger partial charge in [0.1, 0.15) is 0 Å². The van der Waals surface area contributed by atoms with Crippen molar-refractivity contribution in [1.29, 1.82) is 0 Å². The highest BCUT2D eigenvalue weighted by Gasteiger charge is 2.37. The lowest BCUT2D eigenvalue weighted by Crippen LogP contribution is -2.36. The van der Waals surface area contributed by atoms with Crippen LogP contribution in [0.3, 0.4) is 0 Å². The van der Waals surface area contributed by atoms with Crippen LogP contribution in [0.5, 0.6) is 0 Å². The maximum Gasteiger partial charge on any atom is 0.489 e. The van der Waals surface area contributed by atoms with Crippen LogP contribution in [0.4, 0.5) is 35.1 Å². The van der Waals surface area contributed by atoms with Crippen LogP contribution in [-0.4, -0.2) is 22.2 Å². The highest BCUT2D eigenvalue weighted by molar-refractivity contribution is 6.59. The van der Waals surface area contributed by atoms with Crippen LogP contribution in [0.2, 0.25) is 0 Å². The van der Waals surface area contributed by atoms with Gasteiger partial charge in [-0.05, 0) is 11.5 Å². The van der Waals surface area contributed by atoms with E-state index in [1.54, 1.807) is 0 Å². The molecule has 0 saturated carbocycles. The first-order valence-corrected chi connectivity index (χ1v) is 5.91. The van der Waals surface area contributed by atoms with Gasteiger partial charge in [-0.25, -0.2) is 22.0 Å². The number of hydrogen-bond acceptors (Lipinski definition) is 3. The zero-order valence-electron chi connectivity index (χ0n) is 11.1. The molecule has 0 radical (unpaired) electrons. The molecule has 2 rings (SSSR count). The van der Waals surface area contributed by atoms with Gasteiger partial charge in [0.2, 0.25) is 5.82 Å². The standard InChI is InChI=1S/C12H4BF8NO2/c14-7-6(8(15)10(17)11(18)9(7)16)5-1-4(13(23)24)3(2-22-5)12(19,20)21/h1-2,23-24H. The zero-order valence-corrected chi connectivity index (χ0v) is 11.1. The molecule has 2 aromatic rings. The van der Waals surface area contributed by atoms with E-state index in [1.807, 2.05) is 0 Å². The van der Waals surface area contributed by atoms with E-state index in [9.17, 15) is 35.1 Å². The zero-order chi connectivity index (χ0) is 18.4. The Bertz CT molecular complexity index is 780. The molecule has 0 fully saturated rings. The van der Waals surface area contributed by atoms with Crippen molar-refractivity contribution in [2.45, 2.75) is 6.18 Å². The lowest BCUT2D eigenvalue weighted by atomic mass is 9.77. The Morgan fingerprint density at radius 3 is 1.71 bits per heavy atom. The van der Waals surface area contributed by atoms with E-state index in [2.05, 4.69) is 4.98 Å². The Hall–Kier alpha value is -2.21. The molecule has 24 heavy (non-hydrogen) atoms. The normalized spacial score (nSPS) is 11.8. The molecule has 1 aromatic heterocycles.